The first-order valence-corrected chi connectivity index (χ1v) is 8.58. The summed E-state index contributed by atoms with van der Waals surface area (Å²) in [6.45, 7) is 3.37. The largest absolute Gasteiger partial charge is 0.368 e. The molecule has 0 aliphatic heterocycles. The molecule has 4 aromatic rings. The Balaban J connectivity index is 1.69. The number of anilines is 1. The number of thiophene rings is 1. The van der Waals surface area contributed by atoms with Gasteiger partial charge in [-0.3, -0.25) is 4.68 Å². The molecule has 0 spiro atoms. The molecule has 3 heterocycles. The van der Waals surface area contributed by atoms with E-state index in [-0.39, 0.29) is 0 Å². The molecule has 0 radical (unpaired) electrons. The third-order valence-electron chi connectivity index (χ3n) is 3.74. The van der Waals surface area contributed by atoms with Crippen LogP contribution in [0.3, 0.4) is 0 Å². The van der Waals surface area contributed by atoms with Gasteiger partial charge < -0.3 is 5.32 Å². The maximum absolute atomic E-state index is 4.62. The van der Waals surface area contributed by atoms with Crippen LogP contribution in [-0.2, 0) is 6.54 Å². The second-order valence-corrected chi connectivity index (χ2v) is 6.27. The lowest BCUT2D eigenvalue weighted by Crippen LogP contribution is -2.12. The lowest BCUT2D eigenvalue weighted by Gasteiger charge is -2.09. The van der Waals surface area contributed by atoms with Crippen molar-refractivity contribution in [3.63, 3.8) is 0 Å². The number of aromatic nitrogens is 5. The molecule has 0 aliphatic carbocycles. The zero-order valence-corrected chi connectivity index (χ0v) is 14.0. The topological polar surface area (TPSA) is 68.5 Å². The summed E-state index contributed by atoms with van der Waals surface area (Å²) in [5.74, 6) is 1.64. The van der Waals surface area contributed by atoms with Crippen molar-refractivity contribution in [3.05, 3.63) is 53.9 Å². The first-order valence-electron chi connectivity index (χ1n) is 7.70. The number of hydrogen-bond acceptors (Lipinski definition) is 6. The van der Waals surface area contributed by atoms with Crippen molar-refractivity contribution >= 4 is 27.4 Å². The fourth-order valence-corrected chi connectivity index (χ4v) is 3.64. The van der Waals surface area contributed by atoms with Crippen LogP contribution in [0.2, 0.25) is 0 Å². The number of aryl methyl sites for hydroxylation is 1. The van der Waals surface area contributed by atoms with Crippen molar-refractivity contribution in [1.29, 1.82) is 0 Å². The molecule has 4 rings (SSSR count). The molecular formula is C17H16N6S. The van der Waals surface area contributed by atoms with E-state index in [9.17, 15) is 0 Å². The summed E-state index contributed by atoms with van der Waals surface area (Å²) in [5, 5.41) is 14.5. The minimum atomic E-state index is 0.721. The Hall–Kier alpha value is -2.80. The minimum absolute atomic E-state index is 0.721. The van der Waals surface area contributed by atoms with Gasteiger partial charge >= 0.3 is 0 Å². The van der Waals surface area contributed by atoms with E-state index in [4.69, 9.17) is 0 Å². The van der Waals surface area contributed by atoms with Gasteiger partial charge in [0.05, 0.1) is 18.1 Å². The van der Waals surface area contributed by atoms with Crippen LogP contribution >= 0.6 is 11.3 Å². The molecule has 3 aromatic heterocycles. The highest BCUT2D eigenvalue weighted by atomic mass is 32.1. The zero-order valence-electron chi connectivity index (χ0n) is 13.2. The highest BCUT2D eigenvalue weighted by Gasteiger charge is 2.14. The molecule has 0 amide bonds. The first kappa shape index (κ1) is 14.8. The maximum Gasteiger partial charge on any atom is 0.139 e. The number of rotatable bonds is 5. The van der Waals surface area contributed by atoms with E-state index in [2.05, 4.69) is 43.1 Å². The summed E-state index contributed by atoms with van der Waals surface area (Å²) < 4.78 is 1.80. The van der Waals surface area contributed by atoms with Crippen LogP contribution < -0.4 is 5.32 Å². The second kappa shape index (κ2) is 6.37. The van der Waals surface area contributed by atoms with Crippen LogP contribution in [0.4, 0.5) is 5.82 Å². The van der Waals surface area contributed by atoms with Crippen molar-refractivity contribution in [2.45, 2.75) is 13.5 Å². The summed E-state index contributed by atoms with van der Waals surface area (Å²) in [6.07, 6.45) is 3.53. The molecule has 0 unspecified atom stereocenters. The summed E-state index contributed by atoms with van der Waals surface area (Å²) >= 11 is 1.65. The molecule has 0 aliphatic rings. The first-order chi connectivity index (χ1) is 11.8. The van der Waals surface area contributed by atoms with Gasteiger partial charge in [-0.1, -0.05) is 35.5 Å². The van der Waals surface area contributed by atoms with Crippen molar-refractivity contribution < 1.29 is 0 Å². The Morgan fingerprint density at radius 3 is 2.83 bits per heavy atom. The Labute approximate surface area is 143 Å². The molecule has 6 nitrogen and oxygen atoms in total. The number of benzene rings is 1. The average molecular weight is 336 g/mol. The van der Waals surface area contributed by atoms with Gasteiger partial charge in [-0.2, -0.15) is 0 Å². The lowest BCUT2D eigenvalue weighted by atomic mass is 10.1. The minimum Gasteiger partial charge on any atom is -0.368 e. The van der Waals surface area contributed by atoms with E-state index >= 15 is 0 Å². The normalized spacial score (nSPS) is 11.0. The van der Waals surface area contributed by atoms with Crippen LogP contribution in [0.15, 0.2) is 48.1 Å². The maximum atomic E-state index is 4.62. The van der Waals surface area contributed by atoms with E-state index in [1.165, 1.54) is 11.1 Å². The van der Waals surface area contributed by atoms with Gasteiger partial charge in [0.25, 0.3) is 0 Å². The Kier molecular flexibility index (Phi) is 3.92. The number of nitrogens with zero attached hydrogens (tertiary/aromatic N) is 5. The molecule has 0 saturated carbocycles. The lowest BCUT2D eigenvalue weighted by molar-refractivity contribution is 0.608. The van der Waals surface area contributed by atoms with Gasteiger partial charge in [-0.05, 0) is 12.5 Å². The van der Waals surface area contributed by atoms with Crippen molar-refractivity contribution in [3.8, 4) is 11.1 Å². The Bertz CT molecular complexity index is 946. The molecule has 0 atom stereocenters. The quantitative estimate of drug-likeness (QED) is 0.605. The van der Waals surface area contributed by atoms with Gasteiger partial charge in [0.2, 0.25) is 0 Å². The van der Waals surface area contributed by atoms with E-state index in [1.54, 1.807) is 22.2 Å². The number of nitrogens with one attached hydrogen (secondary N) is 1. The van der Waals surface area contributed by atoms with E-state index in [1.807, 2.05) is 31.3 Å². The summed E-state index contributed by atoms with van der Waals surface area (Å²) in [7, 11) is 0. The van der Waals surface area contributed by atoms with Gasteiger partial charge in [0.1, 0.15) is 16.5 Å². The molecule has 0 bridgehead atoms. The average Bonchev–Trinajstić information content (AvgIpc) is 3.25. The zero-order chi connectivity index (χ0) is 16.4. The van der Waals surface area contributed by atoms with E-state index < -0.39 is 0 Å². The van der Waals surface area contributed by atoms with Crippen molar-refractivity contribution in [1.82, 2.24) is 25.0 Å². The fraction of sp³-hybridized carbons (Fsp3) is 0.176. The second-order valence-electron chi connectivity index (χ2n) is 5.41. The standard InChI is InChI=1S/C17H16N6S/c1-12-20-16(18-7-9-23-10-8-19-22-23)15-14(11-24-17(15)21-12)13-5-3-2-4-6-13/h2-6,8,10-11H,7,9H2,1H3,(H,18,20,21). The summed E-state index contributed by atoms with van der Waals surface area (Å²) in [4.78, 5) is 10.2. The molecule has 120 valence electrons. The van der Waals surface area contributed by atoms with Crippen molar-refractivity contribution in [2.24, 2.45) is 0 Å². The molecule has 0 fully saturated rings. The SMILES string of the molecule is Cc1nc(NCCn2ccnn2)c2c(-c3ccccc3)csc2n1. The van der Waals surface area contributed by atoms with Gasteiger partial charge in [0.15, 0.2) is 0 Å². The Morgan fingerprint density at radius 1 is 1.17 bits per heavy atom. The molecule has 1 aromatic carbocycles. The third kappa shape index (κ3) is 2.85. The fourth-order valence-electron chi connectivity index (χ4n) is 2.65. The van der Waals surface area contributed by atoms with E-state index in [0.717, 1.165) is 34.9 Å². The predicted molar refractivity (Wildman–Crippen MR) is 96.1 cm³/mol. The van der Waals surface area contributed by atoms with Crippen LogP contribution in [0.1, 0.15) is 5.82 Å². The van der Waals surface area contributed by atoms with Gasteiger partial charge in [-0.15, -0.1) is 16.4 Å². The van der Waals surface area contributed by atoms with Gasteiger partial charge in [-0.25, -0.2) is 9.97 Å². The highest BCUT2D eigenvalue weighted by molar-refractivity contribution is 7.17. The monoisotopic (exact) mass is 336 g/mol. The number of fused-ring (bicyclic) bond motifs is 1. The predicted octanol–water partition coefficient (Wildman–Crippen LogP) is 3.37. The van der Waals surface area contributed by atoms with Crippen LogP contribution in [-0.4, -0.2) is 31.5 Å². The summed E-state index contributed by atoms with van der Waals surface area (Å²) in [6, 6.07) is 10.3. The smallest absolute Gasteiger partial charge is 0.139 e. The van der Waals surface area contributed by atoms with E-state index in [0.29, 0.717) is 0 Å². The Morgan fingerprint density at radius 2 is 2.04 bits per heavy atom. The van der Waals surface area contributed by atoms with Crippen LogP contribution in [0.5, 0.6) is 0 Å². The van der Waals surface area contributed by atoms with Gasteiger partial charge in [0, 0.05) is 23.7 Å². The summed E-state index contributed by atoms with van der Waals surface area (Å²) in [5.41, 5.74) is 2.34. The molecule has 24 heavy (non-hydrogen) atoms. The molecular weight excluding hydrogens is 320 g/mol. The molecule has 7 heteroatoms. The molecule has 0 saturated heterocycles. The molecule has 1 N–H and O–H groups in total. The number of hydrogen-bond donors (Lipinski definition) is 1. The van der Waals surface area contributed by atoms with Crippen molar-refractivity contribution in [2.75, 3.05) is 11.9 Å². The third-order valence-corrected chi connectivity index (χ3v) is 4.61. The van der Waals surface area contributed by atoms with Crippen LogP contribution in [0, 0.1) is 6.92 Å². The highest BCUT2D eigenvalue weighted by Crippen LogP contribution is 2.36. The van der Waals surface area contributed by atoms with Crippen LogP contribution in [0.25, 0.3) is 21.3 Å².